The summed E-state index contributed by atoms with van der Waals surface area (Å²) in [5.41, 5.74) is 0.535. The first-order valence-corrected chi connectivity index (χ1v) is 7.95. The van der Waals surface area contributed by atoms with Crippen molar-refractivity contribution in [3.8, 4) is 0 Å². The lowest BCUT2D eigenvalue weighted by Gasteiger charge is -2.14. The molecule has 1 heterocycles. The predicted molar refractivity (Wildman–Crippen MR) is 75.8 cm³/mol. The topological polar surface area (TPSA) is 17.1 Å². The number of rotatable bonds is 1. The number of hydrogen-bond acceptors (Lipinski definition) is 1. The van der Waals surface area contributed by atoms with Gasteiger partial charge in [-0.25, -0.2) is 8.78 Å². The molecule has 2 aromatic carbocycles. The summed E-state index contributed by atoms with van der Waals surface area (Å²) in [6.07, 6.45) is 0. The lowest BCUT2D eigenvalue weighted by atomic mass is 10.1. The third kappa shape index (κ3) is 2.01. The van der Waals surface area contributed by atoms with Crippen LogP contribution in [0.4, 0.5) is 8.78 Å². The van der Waals surface area contributed by atoms with Crippen LogP contribution in [-0.4, -0.2) is 5.12 Å². The molecular formula is C14H9BrF2OS. The minimum atomic E-state index is -1.17. The summed E-state index contributed by atoms with van der Waals surface area (Å²) in [4.78, 5) is 13.2. The monoisotopic (exact) mass is 342 g/mol. The van der Waals surface area contributed by atoms with Crippen molar-refractivity contribution >= 4 is 31.9 Å². The smallest absolute Gasteiger partial charge is 0.204 e. The van der Waals surface area contributed by atoms with Crippen LogP contribution in [-0.2, 0) is 5.75 Å². The van der Waals surface area contributed by atoms with E-state index >= 15 is 0 Å². The third-order valence-corrected chi connectivity index (χ3v) is 6.46. The average molecular weight is 343 g/mol. The molecule has 0 aromatic heterocycles. The Morgan fingerprint density at radius 2 is 1.84 bits per heavy atom. The number of carbonyl (C=O) groups is 1. The van der Waals surface area contributed by atoms with E-state index in [4.69, 9.17) is 0 Å². The van der Waals surface area contributed by atoms with E-state index in [-0.39, 0.29) is 16.4 Å². The highest BCUT2D eigenvalue weighted by molar-refractivity contribution is 9.10. The normalized spacial score (nSPS) is 19.5. The maximum Gasteiger partial charge on any atom is 0.204 e. The molecule has 1 nitrogen and oxygen atoms in total. The van der Waals surface area contributed by atoms with Crippen LogP contribution < -0.4 is 0 Å². The van der Waals surface area contributed by atoms with Crippen LogP contribution in [0.2, 0.25) is 0 Å². The molecule has 0 aliphatic carbocycles. The van der Waals surface area contributed by atoms with Crippen molar-refractivity contribution in [1.29, 1.82) is 0 Å². The second kappa shape index (κ2) is 4.72. The van der Waals surface area contributed by atoms with Gasteiger partial charge < -0.3 is 0 Å². The molecule has 0 saturated carbocycles. The second-order valence-electron chi connectivity index (χ2n) is 4.23. The molecule has 98 valence electrons. The Morgan fingerprint density at radius 1 is 1.11 bits per heavy atom. The molecule has 0 radical (unpaired) electrons. The summed E-state index contributed by atoms with van der Waals surface area (Å²) in [7, 11) is -1.17. The van der Waals surface area contributed by atoms with Crippen LogP contribution in [0.15, 0.2) is 45.8 Å². The van der Waals surface area contributed by atoms with Gasteiger partial charge in [0.25, 0.3) is 0 Å². The highest BCUT2D eigenvalue weighted by Crippen LogP contribution is 2.51. The molecule has 1 atom stereocenters. The van der Waals surface area contributed by atoms with Crippen LogP contribution in [0.25, 0.3) is 0 Å². The Bertz CT molecular complexity index is 687. The number of halogens is 3. The second-order valence-corrected chi connectivity index (χ2v) is 7.14. The van der Waals surface area contributed by atoms with Crippen LogP contribution in [0.5, 0.6) is 0 Å². The summed E-state index contributed by atoms with van der Waals surface area (Å²) in [6, 6.07) is 9.81. The van der Waals surface area contributed by atoms with Crippen molar-refractivity contribution in [2.75, 3.05) is 0 Å². The standard InChI is InChI=1S/C14H9BrF2OS/c15-10-3-1-2-4-12(10)19-7-9-8(14(19)18)5-6-11(16)13(9)17/h1-6,19H,7H2. The van der Waals surface area contributed by atoms with E-state index in [0.29, 0.717) is 5.56 Å². The first-order chi connectivity index (χ1) is 9.09. The fourth-order valence-electron chi connectivity index (χ4n) is 2.19. The third-order valence-electron chi connectivity index (χ3n) is 3.13. The van der Waals surface area contributed by atoms with E-state index in [1.54, 1.807) is 0 Å². The van der Waals surface area contributed by atoms with Crippen molar-refractivity contribution in [3.63, 3.8) is 0 Å². The van der Waals surface area contributed by atoms with Gasteiger partial charge in [0.05, 0.1) is 0 Å². The van der Waals surface area contributed by atoms with Gasteiger partial charge in [0.2, 0.25) is 5.12 Å². The van der Waals surface area contributed by atoms with Crippen molar-refractivity contribution < 1.29 is 13.6 Å². The first-order valence-electron chi connectivity index (χ1n) is 5.63. The fraction of sp³-hybridized carbons (Fsp3) is 0.0714. The predicted octanol–water partition coefficient (Wildman–Crippen LogP) is 4.44. The summed E-state index contributed by atoms with van der Waals surface area (Å²) in [6.45, 7) is 0. The first kappa shape index (κ1) is 12.8. The Hall–Kier alpha value is -1.20. The zero-order chi connectivity index (χ0) is 13.6. The average Bonchev–Trinajstić information content (AvgIpc) is 2.73. The summed E-state index contributed by atoms with van der Waals surface area (Å²) >= 11 is 3.41. The molecular weight excluding hydrogens is 334 g/mol. The molecule has 1 aliphatic rings. The Morgan fingerprint density at radius 3 is 2.58 bits per heavy atom. The van der Waals surface area contributed by atoms with Gasteiger partial charge >= 0.3 is 0 Å². The SMILES string of the molecule is O=C1c2ccc(F)c(F)c2C[SH]1c1ccccc1Br. The Balaban J connectivity index is 2.09. The molecule has 1 aliphatic heterocycles. The highest BCUT2D eigenvalue weighted by atomic mass is 79.9. The van der Waals surface area contributed by atoms with E-state index < -0.39 is 22.5 Å². The van der Waals surface area contributed by atoms with Crippen molar-refractivity contribution in [3.05, 3.63) is 63.6 Å². The molecule has 19 heavy (non-hydrogen) atoms. The Kier molecular flexibility index (Phi) is 3.19. The molecule has 0 bridgehead atoms. The maximum absolute atomic E-state index is 13.7. The van der Waals surface area contributed by atoms with Crippen LogP contribution >= 0.6 is 26.8 Å². The van der Waals surface area contributed by atoms with Crippen LogP contribution in [0.3, 0.4) is 0 Å². The summed E-state index contributed by atoms with van der Waals surface area (Å²) in [5.74, 6) is -1.51. The number of fused-ring (bicyclic) bond motifs is 1. The van der Waals surface area contributed by atoms with E-state index in [1.807, 2.05) is 24.3 Å². The Labute approximate surface area is 120 Å². The molecule has 3 rings (SSSR count). The molecule has 0 saturated heterocycles. The van der Waals surface area contributed by atoms with Gasteiger partial charge in [0, 0.05) is 26.2 Å². The molecule has 2 aromatic rings. The molecule has 0 fully saturated rings. The number of hydrogen-bond donors (Lipinski definition) is 1. The molecule has 1 unspecified atom stereocenters. The van der Waals surface area contributed by atoms with Gasteiger partial charge in [0.1, 0.15) is 0 Å². The lowest BCUT2D eigenvalue weighted by Crippen LogP contribution is -1.96. The fourth-order valence-corrected chi connectivity index (χ4v) is 5.37. The minimum Gasteiger partial charge on any atom is -0.283 e. The van der Waals surface area contributed by atoms with Gasteiger partial charge in [-0.3, -0.25) is 4.79 Å². The molecule has 0 N–H and O–H groups in total. The van der Waals surface area contributed by atoms with E-state index in [0.717, 1.165) is 15.4 Å². The molecule has 5 heteroatoms. The maximum atomic E-state index is 13.7. The largest absolute Gasteiger partial charge is 0.283 e. The van der Waals surface area contributed by atoms with Crippen LogP contribution in [0.1, 0.15) is 15.9 Å². The number of carbonyl (C=O) groups excluding carboxylic acids is 1. The molecule has 0 amide bonds. The summed E-state index contributed by atoms with van der Waals surface area (Å²) in [5, 5.41) is -0.0872. The van der Waals surface area contributed by atoms with Gasteiger partial charge in [0.15, 0.2) is 11.6 Å². The van der Waals surface area contributed by atoms with Crippen LogP contribution in [0, 0.1) is 11.6 Å². The summed E-state index contributed by atoms with van der Waals surface area (Å²) < 4.78 is 27.8. The van der Waals surface area contributed by atoms with Crippen molar-refractivity contribution in [2.45, 2.75) is 10.6 Å². The van der Waals surface area contributed by atoms with Gasteiger partial charge in [-0.05, 0) is 40.2 Å². The number of thiol groups is 1. The molecule has 0 spiro atoms. The van der Waals surface area contributed by atoms with E-state index in [1.165, 1.54) is 6.07 Å². The van der Waals surface area contributed by atoms with E-state index in [9.17, 15) is 13.6 Å². The van der Waals surface area contributed by atoms with Crippen molar-refractivity contribution in [1.82, 2.24) is 0 Å². The lowest BCUT2D eigenvalue weighted by molar-refractivity contribution is 0.108. The van der Waals surface area contributed by atoms with Gasteiger partial charge in [-0.1, -0.05) is 12.1 Å². The van der Waals surface area contributed by atoms with E-state index in [2.05, 4.69) is 15.9 Å². The van der Waals surface area contributed by atoms with Gasteiger partial charge in [-0.15, -0.1) is 0 Å². The highest BCUT2D eigenvalue weighted by Gasteiger charge is 2.32. The van der Waals surface area contributed by atoms with Gasteiger partial charge in [-0.2, -0.15) is 10.9 Å². The zero-order valence-corrected chi connectivity index (χ0v) is 12.1. The zero-order valence-electron chi connectivity index (χ0n) is 9.66. The quantitative estimate of drug-likeness (QED) is 0.758. The van der Waals surface area contributed by atoms with Crippen molar-refractivity contribution in [2.24, 2.45) is 0 Å². The minimum absolute atomic E-state index is 0.0872. The number of benzene rings is 2.